The maximum Gasteiger partial charge on any atom is 0.131 e. The lowest BCUT2D eigenvalue weighted by molar-refractivity contribution is 0.198. The van der Waals surface area contributed by atoms with Gasteiger partial charge >= 0.3 is 0 Å². The van der Waals surface area contributed by atoms with E-state index in [1.54, 1.807) is 12.7 Å². The molecule has 0 saturated heterocycles. The molecule has 0 aliphatic heterocycles. The van der Waals surface area contributed by atoms with E-state index in [0.29, 0.717) is 0 Å². The van der Waals surface area contributed by atoms with Crippen LogP contribution in [0.25, 0.3) is 0 Å². The quantitative estimate of drug-likeness (QED) is 0.540. The van der Waals surface area contributed by atoms with Crippen molar-refractivity contribution >= 4 is 11.6 Å². The number of nitrogens with zero attached hydrogens (tertiary/aromatic N) is 2. The van der Waals surface area contributed by atoms with Crippen molar-refractivity contribution in [3.63, 3.8) is 0 Å². The minimum atomic E-state index is 0.761. The number of hydrogen-bond acceptors (Lipinski definition) is 5. The van der Waals surface area contributed by atoms with Gasteiger partial charge in [0.25, 0.3) is 0 Å². The van der Waals surface area contributed by atoms with E-state index in [1.807, 2.05) is 13.0 Å². The first-order chi connectivity index (χ1) is 10.8. The molecule has 2 N–H and O–H groups in total. The van der Waals surface area contributed by atoms with Gasteiger partial charge in [-0.2, -0.15) is 0 Å². The number of hydrogen-bond donors (Lipinski definition) is 2. The summed E-state index contributed by atoms with van der Waals surface area (Å²) >= 11 is 0. The largest absolute Gasteiger partial charge is 0.385 e. The first-order valence-electron chi connectivity index (χ1n) is 8.28. The third-order valence-corrected chi connectivity index (χ3v) is 3.81. The molecule has 1 aliphatic carbocycles. The van der Waals surface area contributed by atoms with Crippen molar-refractivity contribution in [1.82, 2.24) is 9.97 Å². The molecule has 1 aromatic rings. The van der Waals surface area contributed by atoms with Crippen molar-refractivity contribution < 1.29 is 4.74 Å². The normalized spacial score (nSPS) is 14.5. The molecule has 0 saturated carbocycles. The van der Waals surface area contributed by atoms with Gasteiger partial charge in [0.15, 0.2) is 0 Å². The lowest BCUT2D eigenvalue weighted by atomic mass is 9.97. The van der Waals surface area contributed by atoms with Crippen molar-refractivity contribution in [2.45, 2.75) is 45.4 Å². The van der Waals surface area contributed by atoms with Gasteiger partial charge in [0.05, 0.1) is 0 Å². The number of aryl methyl sites for hydroxylation is 1. The number of allylic oxidation sites excluding steroid dienone is 1. The molecule has 0 aromatic carbocycles. The van der Waals surface area contributed by atoms with E-state index >= 15 is 0 Å². The standard InChI is InChI=1S/C17H28N4O/c1-14-20-16(18-10-6-12-22-2)13-17(21-14)19-11-9-15-7-4-3-5-8-15/h7,13H,3-6,8-12H2,1-2H3,(H2,18,19,20,21). The number of aromatic nitrogens is 2. The predicted molar refractivity (Wildman–Crippen MR) is 91.4 cm³/mol. The van der Waals surface area contributed by atoms with Crippen LogP contribution in [-0.4, -0.2) is 36.8 Å². The predicted octanol–water partition coefficient (Wildman–Crippen LogP) is 3.54. The number of ether oxygens (including phenoxy) is 1. The average Bonchev–Trinajstić information content (AvgIpc) is 2.52. The summed E-state index contributed by atoms with van der Waals surface area (Å²) in [5.74, 6) is 2.57. The molecule has 0 unspecified atom stereocenters. The molecular weight excluding hydrogens is 276 g/mol. The molecule has 2 rings (SSSR count). The van der Waals surface area contributed by atoms with Gasteiger partial charge in [-0.3, -0.25) is 0 Å². The smallest absolute Gasteiger partial charge is 0.131 e. The Kier molecular flexibility index (Phi) is 7.16. The first kappa shape index (κ1) is 16.7. The molecule has 0 fully saturated rings. The molecule has 0 radical (unpaired) electrons. The van der Waals surface area contributed by atoms with E-state index in [9.17, 15) is 0 Å². The van der Waals surface area contributed by atoms with Crippen molar-refractivity contribution in [2.75, 3.05) is 37.4 Å². The number of rotatable bonds is 9. The molecule has 1 heterocycles. The van der Waals surface area contributed by atoms with Crippen LogP contribution in [0.2, 0.25) is 0 Å². The Balaban J connectivity index is 1.79. The minimum Gasteiger partial charge on any atom is -0.385 e. The van der Waals surface area contributed by atoms with Crippen LogP contribution in [0.4, 0.5) is 11.6 Å². The monoisotopic (exact) mass is 304 g/mol. The van der Waals surface area contributed by atoms with Crippen LogP contribution in [-0.2, 0) is 4.74 Å². The Labute approximate surface area is 133 Å². The number of methoxy groups -OCH3 is 1. The van der Waals surface area contributed by atoms with E-state index in [-0.39, 0.29) is 0 Å². The SMILES string of the molecule is COCCCNc1cc(NCCC2=CCCCC2)nc(C)n1. The topological polar surface area (TPSA) is 59.1 Å². The molecular formula is C17H28N4O. The van der Waals surface area contributed by atoms with Gasteiger partial charge < -0.3 is 15.4 Å². The summed E-state index contributed by atoms with van der Waals surface area (Å²) in [6, 6.07) is 1.98. The van der Waals surface area contributed by atoms with Gasteiger partial charge in [-0.15, -0.1) is 0 Å². The summed E-state index contributed by atoms with van der Waals surface area (Å²) in [4.78, 5) is 8.87. The fraction of sp³-hybridized carbons (Fsp3) is 0.647. The number of nitrogens with one attached hydrogen (secondary N) is 2. The van der Waals surface area contributed by atoms with E-state index in [0.717, 1.165) is 50.0 Å². The molecule has 0 bridgehead atoms. The second-order valence-electron chi connectivity index (χ2n) is 5.74. The molecule has 1 aliphatic rings. The molecule has 5 heteroatoms. The highest BCUT2D eigenvalue weighted by atomic mass is 16.5. The van der Waals surface area contributed by atoms with Crippen molar-refractivity contribution in [2.24, 2.45) is 0 Å². The molecule has 1 aromatic heterocycles. The zero-order valence-corrected chi connectivity index (χ0v) is 13.8. The fourth-order valence-corrected chi connectivity index (χ4v) is 2.66. The van der Waals surface area contributed by atoms with Crippen molar-refractivity contribution in [3.05, 3.63) is 23.5 Å². The Morgan fingerprint density at radius 2 is 1.91 bits per heavy atom. The van der Waals surface area contributed by atoms with Crippen LogP contribution >= 0.6 is 0 Å². The third kappa shape index (κ3) is 6.02. The maximum absolute atomic E-state index is 5.05. The Morgan fingerprint density at radius 3 is 2.59 bits per heavy atom. The highest BCUT2D eigenvalue weighted by Crippen LogP contribution is 2.20. The van der Waals surface area contributed by atoms with E-state index in [1.165, 1.54) is 25.7 Å². The van der Waals surface area contributed by atoms with Gasteiger partial charge in [-0.05, 0) is 45.4 Å². The van der Waals surface area contributed by atoms with Crippen molar-refractivity contribution in [1.29, 1.82) is 0 Å². The van der Waals surface area contributed by atoms with Gasteiger partial charge in [-0.25, -0.2) is 9.97 Å². The molecule has 0 amide bonds. The Morgan fingerprint density at radius 1 is 1.14 bits per heavy atom. The summed E-state index contributed by atoms with van der Waals surface area (Å²) in [5.41, 5.74) is 1.59. The molecule has 122 valence electrons. The molecule has 5 nitrogen and oxygen atoms in total. The summed E-state index contributed by atoms with van der Waals surface area (Å²) in [6.07, 6.45) is 9.68. The van der Waals surface area contributed by atoms with Crippen LogP contribution in [0.5, 0.6) is 0 Å². The summed E-state index contributed by atoms with van der Waals surface area (Å²) in [5, 5.41) is 6.74. The van der Waals surface area contributed by atoms with Crippen LogP contribution in [0.1, 0.15) is 44.3 Å². The molecule has 0 atom stereocenters. The maximum atomic E-state index is 5.05. The number of anilines is 2. The van der Waals surface area contributed by atoms with Crippen LogP contribution in [0.15, 0.2) is 17.7 Å². The lowest BCUT2D eigenvalue weighted by Crippen LogP contribution is -2.10. The summed E-state index contributed by atoms with van der Waals surface area (Å²) in [6.45, 7) is 4.48. The van der Waals surface area contributed by atoms with Crippen LogP contribution in [0, 0.1) is 6.92 Å². The zero-order valence-electron chi connectivity index (χ0n) is 13.8. The summed E-state index contributed by atoms with van der Waals surface area (Å²) in [7, 11) is 1.72. The van der Waals surface area contributed by atoms with Crippen LogP contribution in [0.3, 0.4) is 0 Å². The lowest BCUT2D eigenvalue weighted by Gasteiger charge is -2.14. The highest BCUT2D eigenvalue weighted by Gasteiger charge is 2.05. The Hall–Kier alpha value is -1.62. The van der Waals surface area contributed by atoms with E-state index in [2.05, 4.69) is 26.7 Å². The van der Waals surface area contributed by atoms with Gasteiger partial charge in [-0.1, -0.05) is 11.6 Å². The van der Waals surface area contributed by atoms with Gasteiger partial charge in [0, 0.05) is 32.9 Å². The Bertz CT molecular complexity index is 488. The van der Waals surface area contributed by atoms with E-state index < -0.39 is 0 Å². The third-order valence-electron chi connectivity index (χ3n) is 3.81. The molecule has 22 heavy (non-hydrogen) atoms. The van der Waals surface area contributed by atoms with E-state index in [4.69, 9.17) is 4.74 Å². The zero-order chi connectivity index (χ0) is 15.6. The highest BCUT2D eigenvalue weighted by molar-refractivity contribution is 5.47. The van der Waals surface area contributed by atoms with Crippen LogP contribution < -0.4 is 10.6 Å². The van der Waals surface area contributed by atoms with Gasteiger partial charge in [0.2, 0.25) is 0 Å². The minimum absolute atomic E-state index is 0.761. The second-order valence-corrected chi connectivity index (χ2v) is 5.74. The van der Waals surface area contributed by atoms with Gasteiger partial charge in [0.1, 0.15) is 17.5 Å². The average molecular weight is 304 g/mol. The first-order valence-corrected chi connectivity index (χ1v) is 8.28. The summed E-state index contributed by atoms with van der Waals surface area (Å²) < 4.78 is 5.05. The van der Waals surface area contributed by atoms with Crippen molar-refractivity contribution in [3.8, 4) is 0 Å². The fourth-order valence-electron chi connectivity index (χ4n) is 2.66. The second kappa shape index (κ2) is 9.41. The molecule has 0 spiro atoms.